The minimum Gasteiger partial charge on any atom is -0.484 e. The standard InChI is InChI=1S/C22H25ClN2O3/c1-16(19-9-5-6-10-20(19)23)24-22(27)17-11-13-25(14-12-17)21(26)15-28-18-7-3-2-4-8-18/h2-10,16-17H,11-15H2,1H3,(H,24,27). The van der Waals surface area contributed by atoms with Gasteiger partial charge in [0.05, 0.1) is 6.04 Å². The molecule has 2 aromatic carbocycles. The lowest BCUT2D eigenvalue weighted by molar-refractivity contribution is -0.137. The van der Waals surface area contributed by atoms with Crippen LogP contribution in [0.1, 0.15) is 31.4 Å². The Bertz CT molecular complexity index is 804. The largest absolute Gasteiger partial charge is 0.484 e. The molecule has 0 bridgehead atoms. The molecular weight excluding hydrogens is 376 g/mol. The van der Waals surface area contributed by atoms with Gasteiger partial charge in [0.25, 0.3) is 5.91 Å². The number of hydrogen-bond donors (Lipinski definition) is 1. The smallest absolute Gasteiger partial charge is 0.260 e. The van der Waals surface area contributed by atoms with E-state index in [0.29, 0.717) is 36.7 Å². The van der Waals surface area contributed by atoms with Gasteiger partial charge < -0.3 is 15.0 Å². The van der Waals surface area contributed by atoms with Gasteiger partial charge in [-0.05, 0) is 43.5 Å². The van der Waals surface area contributed by atoms with Crippen molar-refractivity contribution in [1.29, 1.82) is 0 Å². The zero-order chi connectivity index (χ0) is 19.9. The van der Waals surface area contributed by atoms with Crippen LogP contribution in [0, 0.1) is 5.92 Å². The Morgan fingerprint density at radius 3 is 2.43 bits per heavy atom. The number of nitrogens with one attached hydrogen (secondary N) is 1. The fourth-order valence-electron chi connectivity index (χ4n) is 3.38. The van der Waals surface area contributed by atoms with Crippen molar-refractivity contribution in [2.45, 2.75) is 25.8 Å². The zero-order valence-corrected chi connectivity index (χ0v) is 16.7. The van der Waals surface area contributed by atoms with Crippen molar-refractivity contribution >= 4 is 23.4 Å². The third-order valence-electron chi connectivity index (χ3n) is 5.05. The molecule has 1 saturated heterocycles. The summed E-state index contributed by atoms with van der Waals surface area (Å²) in [6.45, 7) is 3.08. The number of carbonyl (C=O) groups is 2. The number of nitrogens with zero attached hydrogens (tertiary/aromatic N) is 1. The maximum atomic E-state index is 12.6. The van der Waals surface area contributed by atoms with Gasteiger partial charge >= 0.3 is 0 Å². The van der Waals surface area contributed by atoms with Crippen LogP contribution in [0.15, 0.2) is 54.6 Å². The first-order valence-corrected chi connectivity index (χ1v) is 9.93. The maximum Gasteiger partial charge on any atom is 0.260 e. The van der Waals surface area contributed by atoms with Crippen LogP contribution < -0.4 is 10.1 Å². The van der Waals surface area contributed by atoms with Gasteiger partial charge in [-0.2, -0.15) is 0 Å². The Kier molecular flexibility index (Phi) is 6.93. The molecule has 1 aliphatic rings. The van der Waals surface area contributed by atoms with Crippen molar-refractivity contribution < 1.29 is 14.3 Å². The van der Waals surface area contributed by atoms with Gasteiger partial charge in [0.2, 0.25) is 5.91 Å². The van der Waals surface area contributed by atoms with Crippen molar-refractivity contribution in [1.82, 2.24) is 10.2 Å². The molecule has 5 nitrogen and oxygen atoms in total. The maximum absolute atomic E-state index is 12.6. The van der Waals surface area contributed by atoms with Crippen LogP contribution >= 0.6 is 11.6 Å². The quantitative estimate of drug-likeness (QED) is 0.801. The number of carbonyl (C=O) groups excluding carboxylic acids is 2. The summed E-state index contributed by atoms with van der Waals surface area (Å²) in [6, 6.07) is 16.6. The number of amides is 2. The van der Waals surface area contributed by atoms with E-state index in [2.05, 4.69) is 5.32 Å². The van der Waals surface area contributed by atoms with Gasteiger partial charge in [0.15, 0.2) is 6.61 Å². The average molecular weight is 401 g/mol. The van der Waals surface area contributed by atoms with Crippen LogP contribution in [-0.4, -0.2) is 36.4 Å². The SMILES string of the molecule is CC(NC(=O)C1CCN(C(=O)COc2ccccc2)CC1)c1ccccc1Cl. The topological polar surface area (TPSA) is 58.6 Å². The fourth-order valence-corrected chi connectivity index (χ4v) is 3.68. The zero-order valence-electron chi connectivity index (χ0n) is 15.9. The molecule has 28 heavy (non-hydrogen) atoms. The molecule has 1 heterocycles. The van der Waals surface area contributed by atoms with E-state index >= 15 is 0 Å². The van der Waals surface area contributed by atoms with Gasteiger partial charge in [-0.15, -0.1) is 0 Å². The highest BCUT2D eigenvalue weighted by atomic mass is 35.5. The third-order valence-corrected chi connectivity index (χ3v) is 5.40. The van der Waals surface area contributed by atoms with E-state index in [9.17, 15) is 9.59 Å². The number of benzene rings is 2. The molecule has 6 heteroatoms. The van der Waals surface area contributed by atoms with Crippen molar-refractivity contribution in [3.05, 3.63) is 65.2 Å². The summed E-state index contributed by atoms with van der Waals surface area (Å²) in [5, 5.41) is 3.69. The Labute approximate surface area is 170 Å². The van der Waals surface area contributed by atoms with Crippen molar-refractivity contribution in [2.75, 3.05) is 19.7 Å². The van der Waals surface area contributed by atoms with Gasteiger partial charge in [0.1, 0.15) is 5.75 Å². The summed E-state index contributed by atoms with van der Waals surface area (Å²) in [7, 11) is 0. The van der Waals surface area contributed by atoms with Crippen LogP contribution in [0.25, 0.3) is 0 Å². The molecule has 3 rings (SSSR count). The molecule has 1 aliphatic heterocycles. The molecule has 2 amide bonds. The lowest BCUT2D eigenvalue weighted by Crippen LogP contribution is -2.44. The van der Waals surface area contributed by atoms with Crippen LogP contribution in [0.4, 0.5) is 0 Å². The summed E-state index contributed by atoms with van der Waals surface area (Å²) in [5.41, 5.74) is 0.906. The first kappa shape index (κ1) is 20.2. The Morgan fingerprint density at radius 1 is 1.11 bits per heavy atom. The summed E-state index contributed by atoms with van der Waals surface area (Å²) in [6.07, 6.45) is 1.30. The molecule has 0 saturated carbocycles. The molecule has 0 radical (unpaired) electrons. The molecule has 1 N–H and O–H groups in total. The highest BCUT2D eigenvalue weighted by Crippen LogP contribution is 2.24. The van der Waals surface area contributed by atoms with Gasteiger partial charge in [-0.25, -0.2) is 0 Å². The third kappa shape index (κ3) is 5.26. The first-order valence-electron chi connectivity index (χ1n) is 9.55. The summed E-state index contributed by atoms with van der Waals surface area (Å²) in [4.78, 5) is 26.7. The van der Waals surface area contributed by atoms with E-state index in [0.717, 1.165) is 5.56 Å². The molecule has 0 aromatic heterocycles. The number of hydrogen-bond acceptors (Lipinski definition) is 3. The van der Waals surface area contributed by atoms with Crippen molar-refractivity contribution in [3.8, 4) is 5.75 Å². The minimum atomic E-state index is -0.153. The summed E-state index contributed by atoms with van der Waals surface area (Å²) in [5.74, 6) is 0.551. The van der Waals surface area contributed by atoms with Crippen LogP contribution in [-0.2, 0) is 9.59 Å². The lowest BCUT2D eigenvalue weighted by atomic mass is 9.95. The molecule has 148 valence electrons. The second-order valence-corrected chi connectivity index (χ2v) is 7.42. The summed E-state index contributed by atoms with van der Waals surface area (Å²) >= 11 is 6.21. The van der Waals surface area contributed by atoms with E-state index in [1.807, 2.05) is 61.5 Å². The van der Waals surface area contributed by atoms with Gasteiger partial charge in [-0.1, -0.05) is 48.0 Å². The van der Waals surface area contributed by atoms with Crippen molar-refractivity contribution in [3.63, 3.8) is 0 Å². The number of likely N-dealkylation sites (tertiary alicyclic amines) is 1. The molecule has 0 aliphatic carbocycles. The van der Waals surface area contributed by atoms with E-state index in [4.69, 9.17) is 16.3 Å². The second kappa shape index (κ2) is 9.60. The molecule has 0 spiro atoms. The predicted molar refractivity (Wildman–Crippen MR) is 109 cm³/mol. The van der Waals surface area contributed by atoms with E-state index in [-0.39, 0.29) is 30.4 Å². The number of para-hydroxylation sites is 1. The highest BCUT2D eigenvalue weighted by Gasteiger charge is 2.28. The number of rotatable bonds is 6. The molecule has 1 unspecified atom stereocenters. The minimum absolute atomic E-state index is 0.0139. The molecule has 1 atom stereocenters. The van der Waals surface area contributed by atoms with Crippen LogP contribution in [0.2, 0.25) is 5.02 Å². The first-order chi connectivity index (χ1) is 13.5. The average Bonchev–Trinajstić information content (AvgIpc) is 2.73. The van der Waals surface area contributed by atoms with Gasteiger partial charge in [0, 0.05) is 24.0 Å². The Balaban J connectivity index is 1.44. The lowest BCUT2D eigenvalue weighted by Gasteiger charge is -2.32. The van der Waals surface area contributed by atoms with E-state index in [1.165, 1.54) is 0 Å². The van der Waals surface area contributed by atoms with Gasteiger partial charge in [-0.3, -0.25) is 9.59 Å². The Morgan fingerprint density at radius 2 is 1.75 bits per heavy atom. The number of ether oxygens (including phenoxy) is 1. The monoisotopic (exact) mass is 400 g/mol. The number of halogens is 1. The molecular formula is C22H25ClN2O3. The fraction of sp³-hybridized carbons (Fsp3) is 0.364. The highest BCUT2D eigenvalue weighted by molar-refractivity contribution is 6.31. The van der Waals surface area contributed by atoms with Crippen molar-refractivity contribution in [2.24, 2.45) is 5.92 Å². The summed E-state index contributed by atoms with van der Waals surface area (Å²) < 4.78 is 5.53. The second-order valence-electron chi connectivity index (χ2n) is 7.01. The normalized spacial score (nSPS) is 15.7. The van der Waals surface area contributed by atoms with Crippen LogP contribution in [0.3, 0.4) is 0 Å². The Hall–Kier alpha value is -2.53. The van der Waals surface area contributed by atoms with Crippen LogP contribution in [0.5, 0.6) is 5.75 Å². The molecule has 1 fully saturated rings. The number of piperidine rings is 1. The predicted octanol–water partition coefficient (Wildman–Crippen LogP) is 3.83. The molecule has 2 aromatic rings. The van der Waals surface area contributed by atoms with E-state index < -0.39 is 0 Å². The van der Waals surface area contributed by atoms with E-state index in [1.54, 1.807) is 4.90 Å².